The molecular weight excluding hydrogens is 372 g/mol. The summed E-state index contributed by atoms with van der Waals surface area (Å²) in [7, 11) is 0. The van der Waals surface area contributed by atoms with Crippen LogP contribution in [0.1, 0.15) is 40.5 Å². The molecule has 0 aromatic rings. The number of hydrogen-bond donors (Lipinski definition) is 3. The molecule has 170 valence electrons. The van der Waals surface area contributed by atoms with Crippen molar-refractivity contribution in [2.24, 2.45) is 0 Å². The van der Waals surface area contributed by atoms with Crippen molar-refractivity contribution in [2.75, 3.05) is 52.9 Å². The SMILES string of the molecule is CC(O)COCCCOC(OCC(C)OCCCO)OCC(C)OCC(C)O. The number of ether oxygens (including phenoxy) is 6. The van der Waals surface area contributed by atoms with Gasteiger partial charge in [0.1, 0.15) is 0 Å². The average Bonchev–Trinajstić information content (AvgIpc) is 2.64. The van der Waals surface area contributed by atoms with E-state index in [9.17, 15) is 5.11 Å². The third-order valence-electron chi connectivity index (χ3n) is 3.31. The van der Waals surface area contributed by atoms with Crippen molar-refractivity contribution in [3.63, 3.8) is 0 Å². The van der Waals surface area contributed by atoms with E-state index < -0.39 is 18.7 Å². The van der Waals surface area contributed by atoms with Crippen LogP contribution >= 0.6 is 0 Å². The van der Waals surface area contributed by atoms with Crippen LogP contribution in [0.4, 0.5) is 0 Å². The Morgan fingerprint density at radius 2 is 1.18 bits per heavy atom. The molecule has 0 aliphatic rings. The second-order valence-corrected chi connectivity index (χ2v) is 6.86. The van der Waals surface area contributed by atoms with Crippen molar-refractivity contribution in [3.05, 3.63) is 0 Å². The van der Waals surface area contributed by atoms with E-state index in [1.54, 1.807) is 13.8 Å². The monoisotopic (exact) mass is 412 g/mol. The highest BCUT2D eigenvalue weighted by atomic mass is 16.8. The van der Waals surface area contributed by atoms with E-state index in [0.717, 1.165) is 0 Å². The average molecular weight is 413 g/mol. The van der Waals surface area contributed by atoms with Gasteiger partial charge in [-0.2, -0.15) is 0 Å². The van der Waals surface area contributed by atoms with Gasteiger partial charge in [0, 0.05) is 19.8 Å². The van der Waals surface area contributed by atoms with E-state index >= 15 is 0 Å². The highest BCUT2D eigenvalue weighted by molar-refractivity contribution is 4.52. The minimum Gasteiger partial charge on any atom is -0.396 e. The summed E-state index contributed by atoms with van der Waals surface area (Å²) < 4.78 is 33.1. The summed E-state index contributed by atoms with van der Waals surface area (Å²) in [5.41, 5.74) is 0. The quantitative estimate of drug-likeness (QED) is 0.196. The van der Waals surface area contributed by atoms with E-state index in [2.05, 4.69) is 0 Å². The number of rotatable bonds is 20. The Morgan fingerprint density at radius 1 is 0.607 bits per heavy atom. The van der Waals surface area contributed by atoms with Gasteiger partial charge in [-0.3, -0.25) is 0 Å². The first-order chi connectivity index (χ1) is 13.3. The van der Waals surface area contributed by atoms with Gasteiger partial charge in [-0.25, -0.2) is 0 Å². The highest BCUT2D eigenvalue weighted by Gasteiger charge is 2.15. The molecule has 0 fully saturated rings. The molecule has 0 aromatic heterocycles. The first-order valence-corrected chi connectivity index (χ1v) is 9.97. The molecule has 0 aromatic carbocycles. The molecular formula is C19H40O9. The van der Waals surface area contributed by atoms with E-state index in [4.69, 9.17) is 38.6 Å². The van der Waals surface area contributed by atoms with Crippen LogP contribution in [0.5, 0.6) is 0 Å². The van der Waals surface area contributed by atoms with Gasteiger partial charge in [0.15, 0.2) is 0 Å². The van der Waals surface area contributed by atoms with Crippen LogP contribution in [0.15, 0.2) is 0 Å². The zero-order chi connectivity index (χ0) is 21.2. The summed E-state index contributed by atoms with van der Waals surface area (Å²) in [4.78, 5) is 0. The van der Waals surface area contributed by atoms with Gasteiger partial charge in [-0.05, 0) is 40.5 Å². The molecule has 0 radical (unpaired) electrons. The fourth-order valence-electron chi connectivity index (χ4n) is 1.92. The summed E-state index contributed by atoms with van der Waals surface area (Å²) in [6, 6.07) is 0. The lowest BCUT2D eigenvalue weighted by molar-refractivity contribution is -0.301. The molecule has 9 heteroatoms. The lowest BCUT2D eigenvalue weighted by Gasteiger charge is -2.23. The lowest BCUT2D eigenvalue weighted by Crippen LogP contribution is -2.31. The molecule has 9 nitrogen and oxygen atoms in total. The molecule has 0 saturated heterocycles. The zero-order valence-corrected chi connectivity index (χ0v) is 17.7. The molecule has 0 saturated carbocycles. The van der Waals surface area contributed by atoms with Gasteiger partial charge in [-0.15, -0.1) is 0 Å². The zero-order valence-electron chi connectivity index (χ0n) is 17.7. The standard InChI is InChI=1S/C19H40O9/c1-15(21)11-23-8-6-10-25-19(27-13-17(3)24-9-5-7-20)28-14-18(4)26-12-16(2)22/h15-22H,5-14H2,1-4H3. The van der Waals surface area contributed by atoms with Crippen molar-refractivity contribution in [3.8, 4) is 0 Å². The second kappa shape index (κ2) is 18.7. The second-order valence-electron chi connectivity index (χ2n) is 6.86. The topological polar surface area (TPSA) is 116 Å². The third kappa shape index (κ3) is 19.0. The van der Waals surface area contributed by atoms with Crippen LogP contribution in [0.2, 0.25) is 0 Å². The number of aliphatic hydroxyl groups is 3. The Labute approximate surface area is 168 Å². The van der Waals surface area contributed by atoms with E-state index in [-0.39, 0.29) is 45.2 Å². The normalized spacial score (nSPS) is 17.2. The molecule has 0 aliphatic heterocycles. The van der Waals surface area contributed by atoms with Crippen LogP contribution in [-0.4, -0.2) is 99.1 Å². The Bertz CT molecular complexity index is 329. The first kappa shape index (κ1) is 27.6. The van der Waals surface area contributed by atoms with Crippen molar-refractivity contribution < 1.29 is 43.7 Å². The Balaban J connectivity index is 4.17. The number of aliphatic hydroxyl groups excluding tert-OH is 3. The van der Waals surface area contributed by atoms with Gasteiger partial charge in [0.25, 0.3) is 6.48 Å². The maximum absolute atomic E-state index is 9.26. The number of hydrogen-bond acceptors (Lipinski definition) is 9. The van der Waals surface area contributed by atoms with E-state index in [1.165, 1.54) is 0 Å². The summed E-state index contributed by atoms with van der Waals surface area (Å²) in [5.74, 6) is 0. The van der Waals surface area contributed by atoms with Crippen LogP contribution in [0, 0.1) is 0 Å². The third-order valence-corrected chi connectivity index (χ3v) is 3.31. The molecule has 0 spiro atoms. The maximum atomic E-state index is 9.26. The minimum atomic E-state index is -0.877. The smallest absolute Gasteiger partial charge is 0.271 e. The molecule has 0 aliphatic carbocycles. The molecule has 5 atom stereocenters. The van der Waals surface area contributed by atoms with Crippen molar-refractivity contribution in [2.45, 2.75) is 71.4 Å². The van der Waals surface area contributed by atoms with Crippen molar-refractivity contribution in [1.29, 1.82) is 0 Å². The van der Waals surface area contributed by atoms with Gasteiger partial charge in [0.2, 0.25) is 0 Å². The van der Waals surface area contributed by atoms with Gasteiger partial charge >= 0.3 is 0 Å². The largest absolute Gasteiger partial charge is 0.396 e. The maximum Gasteiger partial charge on any atom is 0.271 e. The fourth-order valence-corrected chi connectivity index (χ4v) is 1.92. The minimum absolute atomic E-state index is 0.0872. The lowest BCUT2D eigenvalue weighted by atomic mass is 10.4. The Hall–Kier alpha value is -0.360. The molecule has 0 amide bonds. The summed E-state index contributed by atoms with van der Waals surface area (Å²) in [5, 5.41) is 27.2. The van der Waals surface area contributed by atoms with Crippen LogP contribution in [0.25, 0.3) is 0 Å². The Kier molecular flexibility index (Phi) is 18.4. The Morgan fingerprint density at radius 3 is 1.75 bits per heavy atom. The summed E-state index contributed by atoms with van der Waals surface area (Å²) >= 11 is 0. The summed E-state index contributed by atoms with van der Waals surface area (Å²) in [6.07, 6.45) is -0.214. The molecule has 28 heavy (non-hydrogen) atoms. The molecule has 0 heterocycles. The van der Waals surface area contributed by atoms with Gasteiger partial charge in [-0.1, -0.05) is 0 Å². The van der Waals surface area contributed by atoms with Crippen molar-refractivity contribution >= 4 is 0 Å². The highest BCUT2D eigenvalue weighted by Crippen LogP contribution is 2.05. The van der Waals surface area contributed by atoms with Gasteiger partial charge < -0.3 is 43.7 Å². The van der Waals surface area contributed by atoms with Gasteiger partial charge in [0.05, 0.1) is 57.5 Å². The predicted molar refractivity (Wildman–Crippen MR) is 103 cm³/mol. The molecule has 5 unspecified atom stereocenters. The first-order valence-electron chi connectivity index (χ1n) is 9.97. The molecule has 3 N–H and O–H groups in total. The van der Waals surface area contributed by atoms with Crippen LogP contribution in [-0.2, 0) is 28.4 Å². The summed E-state index contributed by atoms with van der Waals surface area (Å²) in [6.45, 7) is 8.56. The molecule has 0 rings (SSSR count). The predicted octanol–water partition coefficient (Wildman–Crippen LogP) is 0.681. The van der Waals surface area contributed by atoms with E-state index in [1.807, 2.05) is 13.8 Å². The fraction of sp³-hybridized carbons (Fsp3) is 1.00. The van der Waals surface area contributed by atoms with Crippen LogP contribution < -0.4 is 0 Å². The van der Waals surface area contributed by atoms with E-state index in [0.29, 0.717) is 32.7 Å². The van der Waals surface area contributed by atoms with Crippen LogP contribution in [0.3, 0.4) is 0 Å². The molecule has 0 bridgehead atoms. The van der Waals surface area contributed by atoms with Crippen molar-refractivity contribution in [1.82, 2.24) is 0 Å².